The van der Waals surface area contributed by atoms with Crippen LogP contribution < -0.4 is 10.7 Å². The van der Waals surface area contributed by atoms with E-state index in [1.54, 1.807) is 18.3 Å². The number of carbonyl (C=O) groups is 2. The van der Waals surface area contributed by atoms with Gasteiger partial charge >= 0.3 is 0 Å². The van der Waals surface area contributed by atoms with Gasteiger partial charge in [-0.1, -0.05) is 49.7 Å². The van der Waals surface area contributed by atoms with Crippen molar-refractivity contribution in [3.05, 3.63) is 71.4 Å². The number of carbonyl (C=O) groups excluding carboxylic acids is 2. The van der Waals surface area contributed by atoms with Crippen LogP contribution in [-0.2, 0) is 4.79 Å². The van der Waals surface area contributed by atoms with Gasteiger partial charge in [-0.25, -0.2) is 5.43 Å². The standard InChI is InChI=1S/C22H24N4O2/c1-14(2)20(25-21(27)16-8-6-7-15(3)11-16)22(28)26-24-13-17-12-23-19-10-5-4-9-18(17)19/h4-14,20,23H,1-3H3,(H,25,27)(H,26,28)/b24-13-. The van der Waals surface area contributed by atoms with Crippen molar-refractivity contribution in [2.24, 2.45) is 11.0 Å². The molecule has 3 aromatic rings. The Morgan fingerprint density at radius 1 is 1.11 bits per heavy atom. The van der Waals surface area contributed by atoms with Crippen molar-refractivity contribution in [3.8, 4) is 0 Å². The molecule has 0 saturated heterocycles. The zero-order valence-electron chi connectivity index (χ0n) is 16.2. The van der Waals surface area contributed by atoms with E-state index in [0.717, 1.165) is 22.0 Å². The first-order valence-corrected chi connectivity index (χ1v) is 9.22. The number of aromatic amines is 1. The van der Waals surface area contributed by atoms with Gasteiger partial charge in [-0.05, 0) is 31.0 Å². The number of nitrogens with one attached hydrogen (secondary N) is 3. The Morgan fingerprint density at radius 3 is 2.64 bits per heavy atom. The fourth-order valence-electron chi connectivity index (χ4n) is 2.98. The maximum atomic E-state index is 12.6. The summed E-state index contributed by atoms with van der Waals surface area (Å²) in [5, 5.41) is 7.89. The maximum Gasteiger partial charge on any atom is 0.262 e. The van der Waals surface area contributed by atoms with Crippen molar-refractivity contribution in [3.63, 3.8) is 0 Å². The number of nitrogens with zero attached hydrogens (tertiary/aromatic N) is 1. The van der Waals surface area contributed by atoms with E-state index in [1.807, 2.05) is 63.4 Å². The zero-order valence-corrected chi connectivity index (χ0v) is 16.2. The van der Waals surface area contributed by atoms with Gasteiger partial charge in [0.05, 0.1) is 6.21 Å². The van der Waals surface area contributed by atoms with E-state index in [0.29, 0.717) is 5.56 Å². The van der Waals surface area contributed by atoms with Crippen LogP contribution in [0.2, 0.25) is 0 Å². The van der Waals surface area contributed by atoms with Gasteiger partial charge in [0, 0.05) is 28.2 Å². The Labute approximate surface area is 164 Å². The number of aromatic nitrogens is 1. The minimum absolute atomic E-state index is 0.0861. The number of hydrogen-bond donors (Lipinski definition) is 3. The molecule has 1 atom stereocenters. The van der Waals surface area contributed by atoms with E-state index >= 15 is 0 Å². The Bertz CT molecular complexity index is 1020. The molecular formula is C22H24N4O2. The van der Waals surface area contributed by atoms with Crippen LogP contribution in [0.3, 0.4) is 0 Å². The lowest BCUT2D eigenvalue weighted by atomic mass is 10.0. The molecule has 0 aliphatic rings. The lowest BCUT2D eigenvalue weighted by molar-refractivity contribution is -0.123. The molecule has 0 aliphatic heterocycles. The van der Waals surface area contributed by atoms with Crippen molar-refractivity contribution in [1.29, 1.82) is 0 Å². The lowest BCUT2D eigenvalue weighted by Gasteiger charge is -2.20. The van der Waals surface area contributed by atoms with Crippen LogP contribution in [0.1, 0.15) is 35.3 Å². The molecule has 6 nitrogen and oxygen atoms in total. The van der Waals surface area contributed by atoms with E-state index in [2.05, 4.69) is 20.8 Å². The summed E-state index contributed by atoms with van der Waals surface area (Å²) in [5.74, 6) is -0.720. The van der Waals surface area contributed by atoms with E-state index in [9.17, 15) is 9.59 Å². The predicted molar refractivity (Wildman–Crippen MR) is 111 cm³/mol. The molecule has 1 heterocycles. The lowest BCUT2D eigenvalue weighted by Crippen LogP contribution is -2.48. The summed E-state index contributed by atoms with van der Waals surface area (Å²) in [6, 6.07) is 14.4. The Hall–Kier alpha value is -3.41. The Balaban J connectivity index is 1.67. The van der Waals surface area contributed by atoms with Crippen molar-refractivity contribution < 1.29 is 9.59 Å². The summed E-state index contributed by atoms with van der Waals surface area (Å²) in [6.07, 6.45) is 3.43. The van der Waals surface area contributed by atoms with Gasteiger partial charge in [0.25, 0.3) is 11.8 Å². The molecule has 0 saturated carbocycles. The number of para-hydroxylation sites is 1. The Kier molecular flexibility index (Phi) is 5.89. The van der Waals surface area contributed by atoms with Gasteiger partial charge < -0.3 is 10.3 Å². The number of hydrogen-bond acceptors (Lipinski definition) is 3. The highest BCUT2D eigenvalue weighted by atomic mass is 16.2. The molecular weight excluding hydrogens is 352 g/mol. The first-order valence-electron chi connectivity index (χ1n) is 9.22. The second-order valence-electron chi connectivity index (χ2n) is 7.09. The molecule has 0 bridgehead atoms. The molecule has 28 heavy (non-hydrogen) atoms. The third kappa shape index (κ3) is 4.46. The highest BCUT2D eigenvalue weighted by Crippen LogP contribution is 2.15. The quantitative estimate of drug-likeness (QED) is 0.455. The first-order chi connectivity index (χ1) is 13.5. The predicted octanol–water partition coefficient (Wildman–Crippen LogP) is 3.38. The summed E-state index contributed by atoms with van der Waals surface area (Å²) in [5.41, 5.74) is 5.93. The molecule has 0 spiro atoms. The third-order valence-electron chi connectivity index (χ3n) is 4.52. The van der Waals surface area contributed by atoms with E-state index in [1.165, 1.54) is 0 Å². The monoisotopic (exact) mass is 376 g/mol. The van der Waals surface area contributed by atoms with Gasteiger partial charge in [0.2, 0.25) is 0 Å². The van der Waals surface area contributed by atoms with Gasteiger partial charge in [-0.15, -0.1) is 0 Å². The fourth-order valence-corrected chi connectivity index (χ4v) is 2.98. The van der Waals surface area contributed by atoms with Crippen LogP contribution in [0.4, 0.5) is 0 Å². The average Bonchev–Trinajstić information content (AvgIpc) is 3.09. The maximum absolute atomic E-state index is 12.6. The smallest absolute Gasteiger partial charge is 0.262 e. The number of amides is 2. The number of H-pyrrole nitrogens is 1. The first kappa shape index (κ1) is 19.4. The van der Waals surface area contributed by atoms with Crippen LogP contribution in [0.5, 0.6) is 0 Å². The molecule has 144 valence electrons. The van der Waals surface area contributed by atoms with Crippen molar-refractivity contribution >= 4 is 28.9 Å². The summed E-state index contributed by atoms with van der Waals surface area (Å²) in [7, 11) is 0. The largest absolute Gasteiger partial charge is 0.361 e. The minimum atomic E-state index is -0.687. The molecule has 1 aromatic heterocycles. The van der Waals surface area contributed by atoms with Crippen LogP contribution in [0.25, 0.3) is 10.9 Å². The number of aryl methyl sites for hydroxylation is 1. The van der Waals surface area contributed by atoms with Crippen LogP contribution in [0.15, 0.2) is 59.8 Å². The van der Waals surface area contributed by atoms with Gasteiger partial charge in [-0.3, -0.25) is 9.59 Å². The minimum Gasteiger partial charge on any atom is -0.361 e. The van der Waals surface area contributed by atoms with Crippen LogP contribution in [-0.4, -0.2) is 29.1 Å². The van der Waals surface area contributed by atoms with Gasteiger partial charge in [0.1, 0.15) is 6.04 Å². The Morgan fingerprint density at radius 2 is 1.89 bits per heavy atom. The highest BCUT2D eigenvalue weighted by Gasteiger charge is 2.24. The molecule has 0 fully saturated rings. The summed E-state index contributed by atoms with van der Waals surface area (Å²) in [6.45, 7) is 5.68. The third-order valence-corrected chi connectivity index (χ3v) is 4.52. The molecule has 3 rings (SSSR count). The van der Waals surface area contributed by atoms with Crippen molar-refractivity contribution in [2.45, 2.75) is 26.8 Å². The SMILES string of the molecule is Cc1cccc(C(=O)NC(C(=O)N/N=C\c2c[nH]c3ccccc23)C(C)C)c1. The molecule has 3 N–H and O–H groups in total. The van der Waals surface area contributed by atoms with Crippen LogP contribution >= 0.6 is 0 Å². The number of rotatable bonds is 6. The zero-order chi connectivity index (χ0) is 20.1. The second kappa shape index (κ2) is 8.52. The molecule has 0 aliphatic carbocycles. The highest BCUT2D eigenvalue weighted by molar-refractivity contribution is 6.00. The van der Waals surface area contributed by atoms with Crippen molar-refractivity contribution in [2.75, 3.05) is 0 Å². The van der Waals surface area contributed by atoms with Gasteiger partial charge in [-0.2, -0.15) is 5.10 Å². The number of fused-ring (bicyclic) bond motifs is 1. The number of benzene rings is 2. The van der Waals surface area contributed by atoms with Gasteiger partial charge in [0.15, 0.2) is 0 Å². The van der Waals surface area contributed by atoms with E-state index in [4.69, 9.17) is 0 Å². The second-order valence-corrected chi connectivity index (χ2v) is 7.09. The van der Waals surface area contributed by atoms with E-state index in [-0.39, 0.29) is 17.7 Å². The summed E-state index contributed by atoms with van der Waals surface area (Å²) in [4.78, 5) is 28.2. The summed E-state index contributed by atoms with van der Waals surface area (Å²) < 4.78 is 0. The van der Waals surface area contributed by atoms with E-state index < -0.39 is 6.04 Å². The molecule has 2 aromatic carbocycles. The normalized spacial score (nSPS) is 12.4. The fraction of sp³-hybridized carbons (Fsp3) is 0.227. The van der Waals surface area contributed by atoms with Crippen molar-refractivity contribution in [1.82, 2.24) is 15.7 Å². The molecule has 6 heteroatoms. The molecule has 2 amide bonds. The van der Waals surface area contributed by atoms with Crippen LogP contribution in [0, 0.1) is 12.8 Å². The molecule has 1 unspecified atom stereocenters. The number of hydrazone groups is 1. The summed E-state index contributed by atoms with van der Waals surface area (Å²) >= 11 is 0. The molecule has 0 radical (unpaired) electrons. The average molecular weight is 376 g/mol. The topological polar surface area (TPSA) is 86.3 Å².